The summed E-state index contributed by atoms with van der Waals surface area (Å²) in [6.45, 7) is 10.0. The zero-order valence-corrected chi connectivity index (χ0v) is 13.7. The molecule has 0 radical (unpaired) electrons. The third kappa shape index (κ3) is 11.3. The van der Waals surface area contributed by atoms with Crippen LogP contribution >= 0.6 is 11.8 Å². The van der Waals surface area contributed by atoms with Gasteiger partial charge in [0.1, 0.15) is 5.76 Å². The topological polar surface area (TPSA) is 12.5 Å². The van der Waals surface area contributed by atoms with Crippen LogP contribution in [0.25, 0.3) is 0 Å². The summed E-state index contributed by atoms with van der Waals surface area (Å²) in [6.07, 6.45) is 2.20. The lowest BCUT2D eigenvalue weighted by Crippen LogP contribution is -2.19. The van der Waals surface area contributed by atoms with Gasteiger partial charge in [0.15, 0.2) is 0 Å². The molecule has 0 spiro atoms. The van der Waals surface area contributed by atoms with E-state index in [1.807, 2.05) is 23.7 Å². The normalized spacial score (nSPS) is 13.2. The van der Waals surface area contributed by atoms with E-state index in [-0.39, 0.29) is 0 Å². The summed E-state index contributed by atoms with van der Waals surface area (Å²) in [5.74, 6) is 1.30. The molecule has 0 saturated heterocycles. The van der Waals surface area contributed by atoms with E-state index >= 15 is 0 Å². The molecular formula is C15H24F3NOS. The Morgan fingerprint density at radius 2 is 1.90 bits per heavy atom. The summed E-state index contributed by atoms with van der Waals surface area (Å²) in [5, 5.41) is 0. The third-order valence-electron chi connectivity index (χ3n) is 2.97. The molecule has 122 valence electrons. The highest BCUT2D eigenvalue weighted by atomic mass is 32.2. The van der Waals surface area contributed by atoms with Crippen LogP contribution in [-0.4, -0.2) is 36.9 Å². The molecule has 6 heteroatoms. The van der Waals surface area contributed by atoms with E-state index in [0.717, 1.165) is 25.1 Å². The SMILES string of the molecule is C=C(/C=C\C(=C)N(C)CCC(C)CCSC)OC(F)(F)F. The smallest absolute Gasteiger partial charge is 0.406 e. The molecule has 0 aromatic heterocycles. The molecule has 0 amide bonds. The molecule has 0 fully saturated rings. The van der Waals surface area contributed by atoms with Crippen molar-refractivity contribution < 1.29 is 17.9 Å². The van der Waals surface area contributed by atoms with Crippen molar-refractivity contribution in [2.75, 3.05) is 25.6 Å². The Morgan fingerprint density at radius 3 is 2.43 bits per heavy atom. The van der Waals surface area contributed by atoms with Crippen molar-refractivity contribution in [1.82, 2.24) is 4.90 Å². The first kappa shape index (κ1) is 20.0. The van der Waals surface area contributed by atoms with Crippen molar-refractivity contribution >= 4 is 11.8 Å². The Kier molecular flexibility index (Phi) is 9.33. The Balaban J connectivity index is 4.12. The molecule has 21 heavy (non-hydrogen) atoms. The molecular weight excluding hydrogens is 299 g/mol. The van der Waals surface area contributed by atoms with Gasteiger partial charge in [0.25, 0.3) is 0 Å². The fourth-order valence-electron chi connectivity index (χ4n) is 1.52. The van der Waals surface area contributed by atoms with Crippen LogP contribution in [0.15, 0.2) is 36.8 Å². The van der Waals surface area contributed by atoms with Crippen molar-refractivity contribution in [3.05, 3.63) is 36.8 Å². The van der Waals surface area contributed by atoms with Gasteiger partial charge < -0.3 is 9.64 Å². The second kappa shape index (κ2) is 9.82. The highest BCUT2D eigenvalue weighted by Gasteiger charge is 2.30. The van der Waals surface area contributed by atoms with Crippen LogP contribution in [-0.2, 0) is 4.74 Å². The summed E-state index contributed by atoms with van der Waals surface area (Å²) in [6, 6.07) is 0. The van der Waals surface area contributed by atoms with Crippen LogP contribution in [0.3, 0.4) is 0 Å². The molecule has 1 unspecified atom stereocenters. The molecule has 1 atom stereocenters. The maximum atomic E-state index is 11.9. The van der Waals surface area contributed by atoms with Gasteiger partial charge in [-0.1, -0.05) is 20.1 Å². The summed E-state index contributed by atoms with van der Waals surface area (Å²) in [5.41, 5.74) is 0.624. The number of alkyl halides is 3. The van der Waals surface area contributed by atoms with Gasteiger partial charge in [-0.2, -0.15) is 11.8 Å². The number of likely N-dealkylation sites (N-methyl/N-ethyl adjacent to an activating group) is 1. The molecule has 0 N–H and O–H groups in total. The molecule has 0 bridgehead atoms. The molecule has 2 nitrogen and oxygen atoms in total. The number of nitrogens with zero attached hydrogens (tertiary/aromatic N) is 1. The van der Waals surface area contributed by atoms with Gasteiger partial charge in [-0.25, -0.2) is 0 Å². The summed E-state index contributed by atoms with van der Waals surface area (Å²) in [7, 11) is 1.86. The maximum absolute atomic E-state index is 11.9. The maximum Gasteiger partial charge on any atom is 0.573 e. The first-order valence-corrected chi connectivity index (χ1v) is 8.06. The Hall–Kier alpha value is -1.04. The van der Waals surface area contributed by atoms with Crippen LogP contribution in [0.5, 0.6) is 0 Å². The van der Waals surface area contributed by atoms with Gasteiger partial charge in [-0.3, -0.25) is 0 Å². The molecule has 0 aromatic carbocycles. The summed E-state index contributed by atoms with van der Waals surface area (Å²) in [4.78, 5) is 1.91. The van der Waals surface area contributed by atoms with E-state index < -0.39 is 12.1 Å². The first-order valence-electron chi connectivity index (χ1n) is 6.67. The third-order valence-corrected chi connectivity index (χ3v) is 3.61. The Bertz CT molecular complexity index is 366. The van der Waals surface area contributed by atoms with Crippen molar-refractivity contribution in [1.29, 1.82) is 0 Å². The van der Waals surface area contributed by atoms with E-state index in [0.29, 0.717) is 11.6 Å². The van der Waals surface area contributed by atoms with Crippen LogP contribution in [0.1, 0.15) is 19.8 Å². The van der Waals surface area contributed by atoms with Crippen LogP contribution in [0, 0.1) is 5.92 Å². The average molecular weight is 323 g/mol. The molecule has 0 rings (SSSR count). The van der Waals surface area contributed by atoms with Crippen molar-refractivity contribution in [2.45, 2.75) is 26.1 Å². The fourth-order valence-corrected chi connectivity index (χ4v) is 2.16. The minimum absolute atomic E-state index is 0.453. The second-order valence-electron chi connectivity index (χ2n) is 4.94. The molecule has 0 aliphatic rings. The quantitative estimate of drug-likeness (QED) is 0.422. The number of rotatable bonds is 10. The number of halogens is 3. The van der Waals surface area contributed by atoms with Gasteiger partial charge in [-0.15, -0.1) is 13.2 Å². The van der Waals surface area contributed by atoms with Crippen LogP contribution in [0.2, 0.25) is 0 Å². The monoisotopic (exact) mass is 323 g/mol. The number of thioether (sulfide) groups is 1. The van der Waals surface area contributed by atoms with Crippen molar-refractivity contribution in [3.63, 3.8) is 0 Å². The molecule has 0 heterocycles. The minimum atomic E-state index is -4.71. The standard InChI is InChI=1S/C15H24F3NOS/c1-12(9-11-21-5)8-10-19(4)13(2)6-7-14(3)20-15(16,17)18/h6-7,12H,2-3,8-11H2,1,4-5H3/b7-6-. The lowest BCUT2D eigenvalue weighted by molar-refractivity contribution is -0.303. The van der Waals surface area contributed by atoms with Gasteiger partial charge in [0, 0.05) is 19.3 Å². The predicted octanol–water partition coefficient (Wildman–Crippen LogP) is 4.82. The lowest BCUT2D eigenvalue weighted by Gasteiger charge is -2.21. The molecule has 0 aliphatic carbocycles. The predicted molar refractivity (Wildman–Crippen MR) is 84.0 cm³/mol. The Labute approximate surface area is 129 Å². The van der Waals surface area contributed by atoms with E-state index in [1.54, 1.807) is 0 Å². The molecule has 0 saturated carbocycles. The largest absolute Gasteiger partial charge is 0.573 e. The average Bonchev–Trinajstić information content (AvgIpc) is 2.37. The highest BCUT2D eigenvalue weighted by Crippen LogP contribution is 2.20. The molecule has 0 aliphatic heterocycles. The van der Waals surface area contributed by atoms with E-state index in [2.05, 4.69) is 31.1 Å². The summed E-state index contributed by atoms with van der Waals surface area (Å²) < 4.78 is 39.5. The van der Waals surface area contributed by atoms with Gasteiger partial charge >= 0.3 is 6.36 Å². The molecule has 0 aromatic rings. The van der Waals surface area contributed by atoms with E-state index in [1.165, 1.54) is 12.2 Å². The number of hydrogen-bond donors (Lipinski definition) is 0. The van der Waals surface area contributed by atoms with Crippen molar-refractivity contribution in [3.8, 4) is 0 Å². The summed E-state index contributed by atoms with van der Waals surface area (Å²) >= 11 is 1.83. The van der Waals surface area contributed by atoms with Gasteiger partial charge in [0.2, 0.25) is 0 Å². The highest BCUT2D eigenvalue weighted by molar-refractivity contribution is 7.98. The second-order valence-corrected chi connectivity index (χ2v) is 5.92. The zero-order valence-electron chi connectivity index (χ0n) is 12.9. The lowest BCUT2D eigenvalue weighted by atomic mass is 10.1. The Morgan fingerprint density at radius 1 is 1.29 bits per heavy atom. The van der Waals surface area contributed by atoms with E-state index in [4.69, 9.17) is 0 Å². The first-order chi connectivity index (χ1) is 9.65. The zero-order chi connectivity index (χ0) is 16.5. The van der Waals surface area contributed by atoms with Gasteiger partial charge in [-0.05, 0) is 42.9 Å². The fraction of sp³-hybridized carbons (Fsp3) is 0.600. The van der Waals surface area contributed by atoms with Crippen molar-refractivity contribution in [2.24, 2.45) is 5.92 Å². The number of hydrogen-bond acceptors (Lipinski definition) is 3. The van der Waals surface area contributed by atoms with Gasteiger partial charge in [0.05, 0.1) is 0 Å². The van der Waals surface area contributed by atoms with E-state index in [9.17, 15) is 13.2 Å². The number of allylic oxidation sites excluding steroid dienone is 2. The minimum Gasteiger partial charge on any atom is -0.406 e. The van der Waals surface area contributed by atoms with Crippen LogP contribution < -0.4 is 0 Å². The number of ether oxygens (including phenoxy) is 1. The van der Waals surface area contributed by atoms with Crippen LogP contribution in [0.4, 0.5) is 13.2 Å².